The number of esters is 1. The van der Waals surface area contributed by atoms with E-state index in [1.54, 1.807) is 49.8 Å². The molecule has 37 heavy (non-hydrogen) atoms. The fourth-order valence-corrected chi connectivity index (χ4v) is 5.56. The standard InChI is InChI=1S/C26H24BrFN4O4S/c1-2-36-26(33)24-23-14-19(17-4-5-17)22(15-32(23)30-25(24)18-7-10-29-11-8-18)31-37(34,35)12-9-16-3-6-20(27)21(28)13-16/h3,6-8,10-11,13-15,17,31H,2,4-5,9,12H2,1H3. The largest absolute Gasteiger partial charge is 0.462 e. The van der Waals surface area contributed by atoms with Crippen molar-refractivity contribution in [2.75, 3.05) is 17.1 Å². The van der Waals surface area contributed by atoms with Gasteiger partial charge in [-0.1, -0.05) is 6.07 Å². The van der Waals surface area contributed by atoms with E-state index >= 15 is 0 Å². The normalized spacial score (nSPS) is 13.6. The number of carbonyl (C=O) groups excluding carboxylic acids is 1. The summed E-state index contributed by atoms with van der Waals surface area (Å²) in [6, 6.07) is 9.89. The fourth-order valence-electron chi connectivity index (χ4n) is 4.21. The summed E-state index contributed by atoms with van der Waals surface area (Å²) < 4.78 is 49.7. The number of ether oxygens (including phenoxy) is 1. The summed E-state index contributed by atoms with van der Waals surface area (Å²) in [5.41, 5.74) is 3.78. The third-order valence-electron chi connectivity index (χ3n) is 6.16. The molecule has 0 spiro atoms. The molecule has 1 aliphatic carbocycles. The van der Waals surface area contributed by atoms with Gasteiger partial charge in [0.1, 0.15) is 17.1 Å². The molecule has 0 amide bonds. The molecular formula is C26H24BrFN4O4S. The van der Waals surface area contributed by atoms with Gasteiger partial charge in [0.25, 0.3) is 0 Å². The Morgan fingerprint density at radius 2 is 1.97 bits per heavy atom. The first-order chi connectivity index (χ1) is 17.8. The van der Waals surface area contributed by atoms with Gasteiger partial charge in [-0.05, 0) is 89.5 Å². The van der Waals surface area contributed by atoms with E-state index in [-0.39, 0.29) is 24.7 Å². The maximum Gasteiger partial charge on any atom is 0.342 e. The van der Waals surface area contributed by atoms with E-state index in [1.165, 1.54) is 10.6 Å². The molecule has 3 heterocycles. The summed E-state index contributed by atoms with van der Waals surface area (Å²) >= 11 is 3.10. The molecule has 1 N–H and O–H groups in total. The van der Waals surface area contributed by atoms with E-state index in [4.69, 9.17) is 4.74 Å². The zero-order valence-corrected chi connectivity index (χ0v) is 22.4. The number of fused-ring (bicyclic) bond motifs is 1. The van der Waals surface area contributed by atoms with E-state index in [2.05, 4.69) is 30.7 Å². The molecular weight excluding hydrogens is 563 g/mol. The summed E-state index contributed by atoms with van der Waals surface area (Å²) in [5.74, 6) is -0.977. The lowest BCUT2D eigenvalue weighted by Gasteiger charge is -2.13. The van der Waals surface area contributed by atoms with E-state index in [0.29, 0.717) is 38.1 Å². The smallest absolute Gasteiger partial charge is 0.342 e. The predicted octanol–water partition coefficient (Wildman–Crippen LogP) is 5.34. The van der Waals surface area contributed by atoms with Crippen LogP contribution in [0.2, 0.25) is 0 Å². The molecule has 192 valence electrons. The molecule has 1 aromatic carbocycles. The first-order valence-electron chi connectivity index (χ1n) is 11.8. The van der Waals surface area contributed by atoms with Crippen LogP contribution in [0.4, 0.5) is 10.1 Å². The summed E-state index contributed by atoms with van der Waals surface area (Å²) in [6.07, 6.45) is 6.82. The molecule has 8 nitrogen and oxygen atoms in total. The van der Waals surface area contributed by atoms with Gasteiger partial charge in [0.15, 0.2) is 0 Å². The average molecular weight is 587 g/mol. The van der Waals surface area contributed by atoms with Gasteiger partial charge >= 0.3 is 5.97 Å². The minimum atomic E-state index is -3.76. The molecule has 0 atom stereocenters. The first-order valence-corrected chi connectivity index (χ1v) is 14.3. The van der Waals surface area contributed by atoms with E-state index in [9.17, 15) is 17.6 Å². The minimum absolute atomic E-state index is 0.154. The highest BCUT2D eigenvalue weighted by atomic mass is 79.9. The van der Waals surface area contributed by atoms with Crippen molar-refractivity contribution in [2.24, 2.45) is 0 Å². The first kappa shape index (κ1) is 25.3. The Labute approximate surface area is 222 Å². The quantitative estimate of drug-likeness (QED) is 0.266. The van der Waals surface area contributed by atoms with Gasteiger partial charge in [0.2, 0.25) is 10.0 Å². The summed E-state index contributed by atoms with van der Waals surface area (Å²) in [5, 5.41) is 4.62. The van der Waals surface area contributed by atoms with Crippen LogP contribution < -0.4 is 4.72 Å². The monoisotopic (exact) mass is 586 g/mol. The molecule has 1 saturated carbocycles. The number of nitrogens with zero attached hydrogens (tertiary/aromatic N) is 3. The van der Waals surface area contributed by atoms with Gasteiger partial charge in [0.05, 0.1) is 34.2 Å². The highest BCUT2D eigenvalue weighted by Crippen LogP contribution is 2.45. The van der Waals surface area contributed by atoms with Gasteiger partial charge in [-0.2, -0.15) is 5.10 Å². The maximum absolute atomic E-state index is 13.8. The second kappa shape index (κ2) is 10.2. The Morgan fingerprint density at radius 1 is 1.22 bits per heavy atom. The molecule has 0 unspecified atom stereocenters. The van der Waals surface area contributed by atoms with Gasteiger partial charge in [0, 0.05) is 18.0 Å². The van der Waals surface area contributed by atoms with Crippen molar-refractivity contribution in [1.29, 1.82) is 0 Å². The Morgan fingerprint density at radius 3 is 2.65 bits per heavy atom. The van der Waals surface area contributed by atoms with Crippen LogP contribution in [-0.2, 0) is 21.2 Å². The third kappa shape index (κ3) is 5.52. The van der Waals surface area contributed by atoms with Crippen LogP contribution in [0.25, 0.3) is 16.8 Å². The number of carbonyl (C=O) groups is 1. The Balaban J connectivity index is 1.52. The highest BCUT2D eigenvalue weighted by molar-refractivity contribution is 9.10. The van der Waals surface area contributed by atoms with Crippen LogP contribution in [0, 0.1) is 5.82 Å². The Kier molecular flexibility index (Phi) is 7.00. The fraction of sp³-hybridized carbons (Fsp3) is 0.269. The number of pyridine rings is 2. The molecule has 3 aromatic heterocycles. The molecule has 0 bridgehead atoms. The zero-order valence-electron chi connectivity index (χ0n) is 19.9. The zero-order chi connectivity index (χ0) is 26.2. The maximum atomic E-state index is 13.8. The van der Waals surface area contributed by atoms with Crippen LogP contribution in [0.1, 0.15) is 47.2 Å². The van der Waals surface area contributed by atoms with E-state index in [0.717, 1.165) is 18.4 Å². The minimum Gasteiger partial charge on any atom is -0.462 e. The molecule has 1 aliphatic rings. The van der Waals surface area contributed by atoms with E-state index < -0.39 is 21.8 Å². The third-order valence-corrected chi connectivity index (χ3v) is 8.08. The lowest BCUT2D eigenvalue weighted by atomic mass is 10.1. The van der Waals surface area contributed by atoms with Crippen molar-refractivity contribution < 1.29 is 22.3 Å². The SMILES string of the molecule is CCOC(=O)c1c(-c2ccncc2)nn2cc(NS(=O)(=O)CCc3ccc(Br)c(F)c3)c(C3CC3)cc12. The molecule has 1 fully saturated rings. The number of aryl methyl sites for hydroxylation is 1. The number of benzene rings is 1. The second-order valence-corrected chi connectivity index (χ2v) is 11.5. The van der Waals surface area contributed by atoms with Crippen LogP contribution >= 0.6 is 15.9 Å². The highest BCUT2D eigenvalue weighted by Gasteiger charge is 2.31. The van der Waals surface area contributed by atoms with E-state index in [1.807, 2.05) is 6.07 Å². The number of hydrogen-bond acceptors (Lipinski definition) is 6. The lowest BCUT2D eigenvalue weighted by molar-refractivity contribution is 0.0529. The Bertz CT molecular complexity index is 1590. The molecule has 11 heteroatoms. The number of anilines is 1. The lowest BCUT2D eigenvalue weighted by Crippen LogP contribution is -2.19. The average Bonchev–Trinajstić information content (AvgIpc) is 3.65. The number of halogens is 2. The van der Waals surface area contributed by atoms with Gasteiger partial charge in [-0.3, -0.25) is 9.71 Å². The van der Waals surface area contributed by atoms with Crippen molar-refractivity contribution in [3.05, 3.63) is 82.0 Å². The number of nitrogens with one attached hydrogen (secondary N) is 1. The molecule has 5 rings (SSSR count). The predicted molar refractivity (Wildman–Crippen MR) is 142 cm³/mol. The van der Waals surface area contributed by atoms with Crippen molar-refractivity contribution in [1.82, 2.24) is 14.6 Å². The van der Waals surface area contributed by atoms with Crippen LogP contribution in [0.5, 0.6) is 0 Å². The number of rotatable bonds is 9. The van der Waals surface area contributed by atoms with Crippen molar-refractivity contribution >= 4 is 43.1 Å². The van der Waals surface area contributed by atoms with Gasteiger partial charge in [-0.25, -0.2) is 22.1 Å². The topological polar surface area (TPSA) is 103 Å². The van der Waals surface area contributed by atoms with Gasteiger partial charge < -0.3 is 4.74 Å². The Hall–Kier alpha value is -3.31. The van der Waals surface area contributed by atoms with Crippen LogP contribution in [-0.4, -0.2) is 41.3 Å². The van der Waals surface area contributed by atoms with Crippen molar-refractivity contribution in [2.45, 2.75) is 32.1 Å². The molecule has 0 aliphatic heterocycles. The van der Waals surface area contributed by atoms with Crippen LogP contribution in [0.3, 0.4) is 0 Å². The van der Waals surface area contributed by atoms with Crippen molar-refractivity contribution in [3.8, 4) is 11.3 Å². The number of sulfonamides is 1. The summed E-state index contributed by atoms with van der Waals surface area (Å²) in [6.45, 7) is 1.95. The second-order valence-electron chi connectivity index (χ2n) is 8.85. The molecule has 4 aromatic rings. The van der Waals surface area contributed by atoms with Crippen molar-refractivity contribution in [3.63, 3.8) is 0 Å². The number of aromatic nitrogens is 3. The van der Waals surface area contributed by atoms with Gasteiger partial charge in [-0.15, -0.1) is 0 Å². The molecule has 0 saturated heterocycles. The van der Waals surface area contributed by atoms with Crippen LogP contribution in [0.15, 0.2) is 59.5 Å². The summed E-state index contributed by atoms with van der Waals surface area (Å²) in [7, 11) is -3.76. The number of hydrogen-bond donors (Lipinski definition) is 1. The summed E-state index contributed by atoms with van der Waals surface area (Å²) in [4.78, 5) is 17.0. The molecule has 0 radical (unpaired) electrons.